The van der Waals surface area contributed by atoms with Crippen LogP contribution in [-0.4, -0.2) is 19.6 Å². The van der Waals surface area contributed by atoms with Crippen molar-refractivity contribution >= 4 is 5.91 Å². The van der Waals surface area contributed by atoms with Gasteiger partial charge in [0.15, 0.2) is 0 Å². The largest absolute Gasteiger partial charge is 0.495 e. The van der Waals surface area contributed by atoms with E-state index >= 15 is 0 Å². The van der Waals surface area contributed by atoms with Crippen molar-refractivity contribution in [1.29, 1.82) is 5.26 Å². The maximum absolute atomic E-state index is 11.2. The van der Waals surface area contributed by atoms with E-state index < -0.39 is 5.41 Å². The minimum atomic E-state index is -0.593. The highest BCUT2D eigenvalue weighted by molar-refractivity contribution is 5.80. The molecule has 0 saturated carbocycles. The summed E-state index contributed by atoms with van der Waals surface area (Å²) >= 11 is 0. The molecule has 102 valence electrons. The predicted octanol–water partition coefficient (Wildman–Crippen LogP) is 1.17. The molecule has 0 aromatic heterocycles. The monoisotopic (exact) mass is 261 g/mol. The summed E-state index contributed by atoms with van der Waals surface area (Å²) < 4.78 is 5.08. The molecule has 5 heteroatoms. The van der Waals surface area contributed by atoms with Crippen molar-refractivity contribution in [2.45, 2.75) is 20.4 Å². The lowest BCUT2D eigenvalue weighted by molar-refractivity contribution is -0.125. The number of nitrogens with one attached hydrogen (secondary N) is 1. The van der Waals surface area contributed by atoms with Crippen LogP contribution in [0.15, 0.2) is 18.2 Å². The van der Waals surface area contributed by atoms with Crippen LogP contribution in [0.25, 0.3) is 0 Å². The molecule has 5 nitrogen and oxygen atoms in total. The number of hydrogen-bond acceptors (Lipinski definition) is 4. The first-order valence-corrected chi connectivity index (χ1v) is 5.98. The first-order valence-electron chi connectivity index (χ1n) is 5.98. The van der Waals surface area contributed by atoms with Crippen molar-refractivity contribution < 1.29 is 9.53 Å². The van der Waals surface area contributed by atoms with Crippen LogP contribution < -0.4 is 15.8 Å². The number of nitrogens with two attached hydrogens (primary N) is 1. The topological polar surface area (TPSA) is 88.1 Å². The molecule has 0 aliphatic carbocycles. The van der Waals surface area contributed by atoms with E-state index in [9.17, 15) is 4.79 Å². The summed E-state index contributed by atoms with van der Waals surface area (Å²) in [5.41, 5.74) is 6.15. The summed E-state index contributed by atoms with van der Waals surface area (Å²) in [6, 6.07) is 7.49. The molecule has 3 N–H and O–H groups in total. The number of carbonyl (C=O) groups is 1. The van der Waals surface area contributed by atoms with Gasteiger partial charge in [-0.3, -0.25) is 4.79 Å². The molecule has 1 aromatic rings. The molecule has 0 saturated heterocycles. The predicted molar refractivity (Wildman–Crippen MR) is 72.4 cm³/mol. The number of nitriles is 1. The highest BCUT2D eigenvalue weighted by Crippen LogP contribution is 2.19. The molecule has 1 amide bonds. The minimum absolute atomic E-state index is 0.340. The summed E-state index contributed by atoms with van der Waals surface area (Å²) in [7, 11) is 1.53. The number of primary amides is 1. The third kappa shape index (κ3) is 3.97. The molecule has 0 radical (unpaired) electrons. The summed E-state index contributed by atoms with van der Waals surface area (Å²) in [5, 5.41) is 12.2. The van der Waals surface area contributed by atoms with Crippen LogP contribution in [0.3, 0.4) is 0 Å². The second-order valence-electron chi connectivity index (χ2n) is 5.00. The smallest absolute Gasteiger partial charge is 0.224 e. The molecule has 0 unspecified atom stereocenters. The molecule has 1 aromatic carbocycles. The number of rotatable bonds is 6. The zero-order valence-corrected chi connectivity index (χ0v) is 11.5. The fourth-order valence-electron chi connectivity index (χ4n) is 1.56. The van der Waals surface area contributed by atoms with Gasteiger partial charge in [-0.2, -0.15) is 5.26 Å². The first-order chi connectivity index (χ1) is 8.90. The van der Waals surface area contributed by atoms with E-state index in [-0.39, 0.29) is 5.91 Å². The Morgan fingerprint density at radius 1 is 1.53 bits per heavy atom. The second kappa shape index (κ2) is 6.21. The maximum Gasteiger partial charge on any atom is 0.224 e. The molecule has 1 rings (SSSR count). The molecule has 0 atom stereocenters. The van der Waals surface area contributed by atoms with E-state index in [2.05, 4.69) is 11.4 Å². The van der Waals surface area contributed by atoms with Gasteiger partial charge in [0.05, 0.1) is 18.1 Å². The number of benzene rings is 1. The van der Waals surface area contributed by atoms with Gasteiger partial charge in [-0.1, -0.05) is 6.07 Å². The van der Waals surface area contributed by atoms with Crippen LogP contribution in [0.2, 0.25) is 0 Å². The number of nitrogens with zero attached hydrogens (tertiary/aromatic N) is 1. The molecule has 0 fully saturated rings. The Balaban J connectivity index is 2.65. The van der Waals surface area contributed by atoms with Crippen LogP contribution >= 0.6 is 0 Å². The zero-order valence-electron chi connectivity index (χ0n) is 11.5. The van der Waals surface area contributed by atoms with Crippen LogP contribution in [0.5, 0.6) is 5.75 Å². The Morgan fingerprint density at radius 2 is 2.21 bits per heavy atom. The van der Waals surface area contributed by atoms with E-state index in [1.54, 1.807) is 26.0 Å². The van der Waals surface area contributed by atoms with E-state index in [4.69, 9.17) is 15.7 Å². The van der Waals surface area contributed by atoms with Gasteiger partial charge in [-0.05, 0) is 31.5 Å². The maximum atomic E-state index is 11.2. The Bertz CT molecular complexity index is 504. The van der Waals surface area contributed by atoms with Gasteiger partial charge in [-0.25, -0.2) is 0 Å². The molecule has 19 heavy (non-hydrogen) atoms. The minimum Gasteiger partial charge on any atom is -0.495 e. The van der Waals surface area contributed by atoms with E-state index in [0.29, 0.717) is 24.4 Å². The summed E-state index contributed by atoms with van der Waals surface area (Å²) in [4.78, 5) is 11.2. The SMILES string of the molecule is COc1ccc(CNCC(C)(C)C(N)=O)cc1C#N. The van der Waals surface area contributed by atoms with E-state index in [1.165, 1.54) is 7.11 Å². The molecule has 0 aliphatic heterocycles. The van der Waals surface area contributed by atoms with Crippen LogP contribution in [0.4, 0.5) is 0 Å². The summed E-state index contributed by atoms with van der Waals surface area (Å²) in [5.74, 6) is 0.219. The highest BCUT2D eigenvalue weighted by atomic mass is 16.5. The van der Waals surface area contributed by atoms with Gasteiger partial charge < -0.3 is 15.8 Å². The van der Waals surface area contributed by atoms with Gasteiger partial charge in [0.2, 0.25) is 5.91 Å². The molecule has 0 bridgehead atoms. The Kier molecular flexibility index (Phi) is 4.90. The normalized spacial score (nSPS) is 10.8. The second-order valence-corrected chi connectivity index (χ2v) is 5.00. The van der Waals surface area contributed by atoms with E-state index in [1.807, 2.05) is 6.07 Å². The Hall–Kier alpha value is -2.06. The molecule has 0 spiro atoms. The van der Waals surface area contributed by atoms with Crippen LogP contribution in [-0.2, 0) is 11.3 Å². The third-order valence-electron chi connectivity index (χ3n) is 2.95. The Labute approximate surface area is 113 Å². The first kappa shape index (κ1) is 15.0. The summed E-state index contributed by atoms with van der Waals surface area (Å²) in [6.07, 6.45) is 0. The quantitative estimate of drug-likeness (QED) is 0.804. The fraction of sp³-hybridized carbons (Fsp3) is 0.429. The van der Waals surface area contributed by atoms with Gasteiger partial charge in [0, 0.05) is 13.1 Å². The molecular weight excluding hydrogens is 242 g/mol. The number of ether oxygens (including phenoxy) is 1. The highest BCUT2D eigenvalue weighted by Gasteiger charge is 2.23. The average molecular weight is 261 g/mol. The van der Waals surface area contributed by atoms with Crippen LogP contribution in [0.1, 0.15) is 25.0 Å². The van der Waals surface area contributed by atoms with Gasteiger partial charge in [0.25, 0.3) is 0 Å². The Morgan fingerprint density at radius 3 is 2.74 bits per heavy atom. The van der Waals surface area contributed by atoms with Gasteiger partial charge in [-0.15, -0.1) is 0 Å². The summed E-state index contributed by atoms with van der Waals surface area (Å²) in [6.45, 7) is 4.62. The van der Waals surface area contributed by atoms with Crippen molar-refractivity contribution in [2.75, 3.05) is 13.7 Å². The van der Waals surface area contributed by atoms with Crippen molar-refractivity contribution in [3.63, 3.8) is 0 Å². The fourth-order valence-corrected chi connectivity index (χ4v) is 1.56. The van der Waals surface area contributed by atoms with Crippen molar-refractivity contribution in [3.05, 3.63) is 29.3 Å². The standard InChI is InChI=1S/C14H19N3O2/c1-14(2,13(16)18)9-17-8-10-4-5-12(19-3)11(6-10)7-15/h4-6,17H,8-9H2,1-3H3,(H2,16,18). The lowest BCUT2D eigenvalue weighted by atomic mass is 9.93. The van der Waals surface area contributed by atoms with Crippen molar-refractivity contribution in [3.8, 4) is 11.8 Å². The van der Waals surface area contributed by atoms with Crippen molar-refractivity contribution in [1.82, 2.24) is 5.32 Å². The van der Waals surface area contributed by atoms with Crippen LogP contribution in [0, 0.1) is 16.7 Å². The lowest BCUT2D eigenvalue weighted by Crippen LogP contribution is -2.40. The molecule has 0 heterocycles. The number of carbonyl (C=O) groups excluding carboxylic acids is 1. The molecular formula is C14H19N3O2. The lowest BCUT2D eigenvalue weighted by Gasteiger charge is -2.20. The number of hydrogen-bond donors (Lipinski definition) is 2. The number of amides is 1. The third-order valence-corrected chi connectivity index (χ3v) is 2.95. The van der Waals surface area contributed by atoms with Gasteiger partial charge in [0.1, 0.15) is 11.8 Å². The van der Waals surface area contributed by atoms with Gasteiger partial charge >= 0.3 is 0 Å². The zero-order chi connectivity index (χ0) is 14.5. The molecule has 0 aliphatic rings. The van der Waals surface area contributed by atoms with Crippen molar-refractivity contribution in [2.24, 2.45) is 11.1 Å². The van der Waals surface area contributed by atoms with E-state index in [0.717, 1.165) is 5.56 Å². The average Bonchev–Trinajstić information content (AvgIpc) is 2.38. The number of methoxy groups -OCH3 is 1.